The van der Waals surface area contributed by atoms with E-state index in [-0.39, 0.29) is 11.6 Å². The third-order valence-corrected chi connectivity index (χ3v) is 4.81. The molecule has 7 nitrogen and oxygen atoms in total. The fourth-order valence-electron chi connectivity index (χ4n) is 3.40. The first kappa shape index (κ1) is 18.6. The number of fused-ring (bicyclic) bond motifs is 1. The summed E-state index contributed by atoms with van der Waals surface area (Å²) in [6.07, 6.45) is 0. The first-order valence-corrected chi connectivity index (χ1v) is 9.23. The average Bonchev–Trinajstić information content (AvgIpc) is 3.05. The van der Waals surface area contributed by atoms with Gasteiger partial charge in [0.2, 0.25) is 0 Å². The van der Waals surface area contributed by atoms with Crippen molar-refractivity contribution in [3.63, 3.8) is 0 Å². The van der Waals surface area contributed by atoms with Crippen LogP contribution in [0.3, 0.4) is 0 Å². The normalized spacial score (nSPS) is 10.9. The molecule has 0 saturated carbocycles. The van der Waals surface area contributed by atoms with Crippen molar-refractivity contribution in [2.75, 3.05) is 12.4 Å². The lowest BCUT2D eigenvalue weighted by molar-refractivity contribution is 0.102. The van der Waals surface area contributed by atoms with Crippen molar-refractivity contribution in [2.24, 2.45) is 0 Å². The lowest BCUT2D eigenvalue weighted by atomic mass is 10.1. The van der Waals surface area contributed by atoms with Gasteiger partial charge in [0.1, 0.15) is 5.75 Å². The minimum absolute atomic E-state index is 0.230. The summed E-state index contributed by atoms with van der Waals surface area (Å²) >= 11 is 0. The van der Waals surface area contributed by atoms with E-state index in [0.717, 1.165) is 28.1 Å². The van der Waals surface area contributed by atoms with Gasteiger partial charge in [-0.1, -0.05) is 30.3 Å². The van der Waals surface area contributed by atoms with Gasteiger partial charge >= 0.3 is 0 Å². The molecule has 0 aliphatic carbocycles. The number of methoxy groups -OCH3 is 1. The molecule has 1 amide bonds. The summed E-state index contributed by atoms with van der Waals surface area (Å²) in [5.74, 6) is 0.403. The Bertz CT molecular complexity index is 1230. The first-order valence-electron chi connectivity index (χ1n) is 9.23. The van der Waals surface area contributed by atoms with Crippen molar-refractivity contribution in [3.8, 4) is 16.9 Å². The molecule has 1 N–H and O–H groups in total. The molecule has 4 rings (SSSR count). The van der Waals surface area contributed by atoms with Crippen LogP contribution in [0.2, 0.25) is 0 Å². The Kier molecular flexibility index (Phi) is 4.72. The number of nitrogens with one attached hydrogen (secondary N) is 1. The quantitative estimate of drug-likeness (QED) is 0.573. The van der Waals surface area contributed by atoms with Crippen molar-refractivity contribution >= 4 is 17.2 Å². The highest BCUT2D eigenvalue weighted by Crippen LogP contribution is 2.34. The van der Waals surface area contributed by atoms with Gasteiger partial charge in [0.25, 0.3) is 5.91 Å². The van der Waals surface area contributed by atoms with Crippen molar-refractivity contribution < 1.29 is 9.53 Å². The average molecular weight is 387 g/mol. The molecule has 0 radical (unpaired) electrons. The van der Waals surface area contributed by atoms with Crippen LogP contribution in [0.5, 0.6) is 5.75 Å². The van der Waals surface area contributed by atoms with Gasteiger partial charge in [-0.3, -0.25) is 4.79 Å². The number of carbonyl (C=O) groups is 1. The molecule has 0 aliphatic heterocycles. The number of hydrogen-bond donors (Lipinski definition) is 1. The fourth-order valence-corrected chi connectivity index (χ4v) is 3.40. The summed E-state index contributed by atoms with van der Waals surface area (Å²) in [7, 11) is 1.63. The highest BCUT2D eigenvalue weighted by Gasteiger charge is 2.21. The van der Waals surface area contributed by atoms with Gasteiger partial charge in [-0.05, 0) is 44.5 Å². The molecule has 146 valence electrons. The number of rotatable bonds is 4. The van der Waals surface area contributed by atoms with Gasteiger partial charge in [-0.2, -0.15) is 5.10 Å². The summed E-state index contributed by atoms with van der Waals surface area (Å²) < 4.78 is 7.15. The smallest absolute Gasteiger partial charge is 0.278 e. The van der Waals surface area contributed by atoms with E-state index in [9.17, 15) is 4.79 Å². The highest BCUT2D eigenvalue weighted by atomic mass is 16.5. The van der Waals surface area contributed by atoms with E-state index in [1.54, 1.807) is 11.6 Å². The summed E-state index contributed by atoms with van der Waals surface area (Å²) in [5, 5.41) is 16.0. The third-order valence-electron chi connectivity index (χ3n) is 4.81. The number of amides is 1. The Morgan fingerprint density at radius 2 is 1.83 bits per heavy atom. The third kappa shape index (κ3) is 3.31. The first-order chi connectivity index (χ1) is 14.0. The molecule has 0 spiro atoms. The summed E-state index contributed by atoms with van der Waals surface area (Å²) in [6.45, 7) is 5.69. The monoisotopic (exact) mass is 387 g/mol. The summed E-state index contributed by atoms with van der Waals surface area (Å²) in [6, 6.07) is 15.3. The lowest BCUT2D eigenvalue weighted by Crippen LogP contribution is -2.18. The van der Waals surface area contributed by atoms with E-state index in [1.807, 2.05) is 69.3 Å². The molecule has 4 aromatic rings. The number of carbonyl (C=O) groups excluding carboxylic acids is 1. The fraction of sp³-hybridized carbons (Fsp3) is 0.182. The number of ether oxygens (including phenoxy) is 1. The van der Waals surface area contributed by atoms with Gasteiger partial charge in [0, 0.05) is 11.3 Å². The predicted molar refractivity (Wildman–Crippen MR) is 111 cm³/mol. The largest absolute Gasteiger partial charge is 0.496 e. The predicted octanol–water partition coefficient (Wildman–Crippen LogP) is 3.98. The van der Waals surface area contributed by atoms with Crippen LogP contribution in [0.4, 0.5) is 5.69 Å². The van der Waals surface area contributed by atoms with Crippen LogP contribution in [0.25, 0.3) is 16.8 Å². The maximum Gasteiger partial charge on any atom is 0.278 e. The van der Waals surface area contributed by atoms with Crippen molar-refractivity contribution in [1.82, 2.24) is 19.8 Å². The minimum atomic E-state index is -0.325. The Hall–Kier alpha value is -3.74. The van der Waals surface area contributed by atoms with Crippen LogP contribution >= 0.6 is 0 Å². The lowest BCUT2D eigenvalue weighted by Gasteiger charge is -2.09. The number of benzene rings is 2. The molecule has 0 atom stereocenters. The van der Waals surface area contributed by atoms with E-state index < -0.39 is 0 Å². The second-order valence-electron chi connectivity index (χ2n) is 6.85. The number of aromatic nitrogens is 4. The highest BCUT2D eigenvalue weighted by molar-refractivity contribution is 6.03. The molecule has 0 bridgehead atoms. The van der Waals surface area contributed by atoms with E-state index >= 15 is 0 Å². The maximum atomic E-state index is 12.8. The van der Waals surface area contributed by atoms with Crippen molar-refractivity contribution in [2.45, 2.75) is 20.8 Å². The van der Waals surface area contributed by atoms with E-state index in [2.05, 4.69) is 20.6 Å². The van der Waals surface area contributed by atoms with Crippen LogP contribution in [-0.4, -0.2) is 32.8 Å². The van der Waals surface area contributed by atoms with Crippen LogP contribution in [0.15, 0.2) is 48.5 Å². The van der Waals surface area contributed by atoms with E-state index in [1.165, 1.54) is 0 Å². The zero-order chi connectivity index (χ0) is 20.5. The van der Waals surface area contributed by atoms with Crippen molar-refractivity contribution in [3.05, 3.63) is 71.2 Å². The number of para-hydroxylation sites is 1. The molecule has 0 fully saturated rings. The van der Waals surface area contributed by atoms with Gasteiger partial charge < -0.3 is 10.1 Å². The van der Waals surface area contributed by atoms with Gasteiger partial charge in [-0.25, -0.2) is 4.52 Å². The van der Waals surface area contributed by atoms with Crippen LogP contribution < -0.4 is 10.1 Å². The van der Waals surface area contributed by atoms with Crippen LogP contribution in [-0.2, 0) is 0 Å². The topological polar surface area (TPSA) is 81.4 Å². The molecular formula is C22H21N5O2. The van der Waals surface area contributed by atoms with Crippen LogP contribution in [0.1, 0.15) is 27.4 Å². The zero-order valence-electron chi connectivity index (χ0n) is 16.7. The van der Waals surface area contributed by atoms with Gasteiger partial charge in [-0.15, -0.1) is 10.2 Å². The Morgan fingerprint density at radius 1 is 1.03 bits per heavy atom. The van der Waals surface area contributed by atoms with E-state index in [4.69, 9.17) is 4.74 Å². The molecule has 0 saturated heterocycles. The molecule has 2 aromatic carbocycles. The Labute approximate surface area is 168 Å². The molecule has 0 aliphatic rings. The number of hydrogen-bond acceptors (Lipinski definition) is 5. The zero-order valence-corrected chi connectivity index (χ0v) is 16.7. The molecule has 0 unspecified atom stereocenters. The Morgan fingerprint density at radius 3 is 2.59 bits per heavy atom. The van der Waals surface area contributed by atoms with Crippen molar-refractivity contribution in [1.29, 1.82) is 0 Å². The molecule has 2 aromatic heterocycles. The summed E-state index contributed by atoms with van der Waals surface area (Å²) in [4.78, 5) is 12.8. The minimum Gasteiger partial charge on any atom is -0.496 e. The second kappa shape index (κ2) is 7.35. The van der Waals surface area contributed by atoms with Gasteiger partial charge in [0.05, 0.1) is 24.1 Å². The van der Waals surface area contributed by atoms with Gasteiger partial charge in [0.15, 0.2) is 11.3 Å². The molecule has 29 heavy (non-hydrogen) atoms. The summed E-state index contributed by atoms with van der Waals surface area (Å²) in [5.41, 5.74) is 5.70. The van der Waals surface area contributed by atoms with Crippen LogP contribution in [0, 0.1) is 20.8 Å². The molecule has 7 heteroatoms. The molecular weight excluding hydrogens is 366 g/mol. The molecule has 2 heterocycles. The van der Waals surface area contributed by atoms with E-state index in [0.29, 0.717) is 17.0 Å². The standard InChI is InChI=1S/C22H21N5O2/c1-13-8-7-9-16(12-13)23-22(28)20-15(3)27-21(25-24-20)19(14(2)26-27)17-10-5-6-11-18(17)29-4/h5-12H,1-4H3,(H,23,28). The maximum absolute atomic E-state index is 12.8. The number of aryl methyl sites for hydroxylation is 3. The number of anilines is 1. The Balaban J connectivity index is 1.78. The second-order valence-corrected chi connectivity index (χ2v) is 6.85. The SMILES string of the molecule is COc1ccccc1-c1c(C)nn2c(C)c(C(=O)Nc3cccc(C)c3)nnc12. The number of nitrogens with zero attached hydrogens (tertiary/aromatic N) is 4.